The molecule has 9 nitrogen and oxygen atoms in total. The van der Waals surface area contributed by atoms with Crippen LogP contribution in [-0.2, 0) is 32.7 Å². The van der Waals surface area contributed by atoms with Crippen LogP contribution in [0.3, 0.4) is 0 Å². The molecule has 0 saturated heterocycles. The number of rotatable bonds is 74. The lowest BCUT2D eigenvalue weighted by atomic mass is 10.0. The second-order valence-corrected chi connectivity index (χ2v) is 29.5. The molecule has 0 saturated carbocycles. The standard InChI is InChI=1S/C76H152NO8P/c1-6-8-10-12-14-16-18-20-22-24-26-28-30-32-34-36-38-39-41-43-45-47-49-51-53-55-57-59-61-63-65-67-69-76(79)85-74(73-84-86(80,81)83-71-70-77(3,4)5)72-82-75(78)68-66-64-62-60-58-56-54-52-50-48-46-44-42-40-37-35-33-31-29-27-25-23-21-19-17-15-13-11-9-7-2/h74H,6-73H2,1-5H3. The molecule has 0 fully saturated rings. The minimum atomic E-state index is -4.64. The van der Waals surface area contributed by atoms with Crippen LogP contribution in [-0.4, -0.2) is 70.0 Å². The molecule has 0 aliphatic rings. The van der Waals surface area contributed by atoms with Gasteiger partial charge in [-0.05, 0) is 12.8 Å². The average molecular weight is 1240 g/mol. The molecule has 0 radical (unpaired) electrons. The number of hydrogen-bond acceptors (Lipinski definition) is 8. The van der Waals surface area contributed by atoms with Crippen LogP contribution in [0.5, 0.6) is 0 Å². The smallest absolute Gasteiger partial charge is 0.306 e. The fourth-order valence-corrected chi connectivity index (χ4v) is 12.9. The number of hydrogen-bond donors (Lipinski definition) is 0. The van der Waals surface area contributed by atoms with Crippen LogP contribution in [0.2, 0.25) is 0 Å². The highest BCUT2D eigenvalue weighted by molar-refractivity contribution is 7.45. The maximum atomic E-state index is 12.9. The van der Waals surface area contributed by atoms with Gasteiger partial charge in [-0.3, -0.25) is 14.2 Å². The summed E-state index contributed by atoms with van der Waals surface area (Å²) in [6.45, 7) is 4.35. The van der Waals surface area contributed by atoms with Crippen molar-refractivity contribution in [1.29, 1.82) is 0 Å². The second-order valence-electron chi connectivity index (χ2n) is 28.1. The van der Waals surface area contributed by atoms with E-state index in [4.69, 9.17) is 18.5 Å². The molecule has 0 heterocycles. The van der Waals surface area contributed by atoms with E-state index in [1.54, 1.807) is 0 Å². The number of phosphoric acid groups is 1. The summed E-state index contributed by atoms with van der Waals surface area (Å²) in [7, 11) is 1.20. The van der Waals surface area contributed by atoms with Crippen molar-refractivity contribution in [3.05, 3.63) is 0 Å². The lowest BCUT2D eigenvalue weighted by Crippen LogP contribution is -2.37. The number of likely N-dealkylation sites (N-methyl/N-ethyl adjacent to an activating group) is 1. The second kappa shape index (κ2) is 68.4. The van der Waals surface area contributed by atoms with E-state index in [2.05, 4.69) is 13.8 Å². The molecule has 2 atom stereocenters. The van der Waals surface area contributed by atoms with Crippen molar-refractivity contribution >= 4 is 19.8 Å². The normalized spacial score (nSPS) is 13.0. The Balaban J connectivity index is 3.91. The molecule has 2 unspecified atom stereocenters. The van der Waals surface area contributed by atoms with Gasteiger partial charge in [-0.25, -0.2) is 0 Å². The summed E-state index contributed by atoms with van der Waals surface area (Å²) < 4.78 is 34.4. The summed E-state index contributed by atoms with van der Waals surface area (Å²) in [6, 6.07) is 0. The molecule has 0 bridgehead atoms. The number of nitrogens with zero attached hydrogens (tertiary/aromatic N) is 1. The first-order chi connectivity index (χ1) is 42.0. The molecule has 0 aromatic heterocycles. The Morgan fingerprint density at radius 1 is 0.314 bits per heavy atom. The Hall–Kier alpha value is -0.990. The lowest BCUT2D eigenvalue weighted by molar-refractivity contribution is -0.870. The van der Waals surface area contributed by atoms with Crippen LogP contribution in [0.15, 0.2) is 0 Å². The van der Waals surface area contributed by atoms with E-state index in [0.717, 1.165) is 32.1 Å². The summed E-state index contributed by atoms with van der Waals surface area (Å²) in [5, 5.41) is 0. The molecule has 0 N–H and O–H groups in total. The van der Waals surface area contributed by atoms with Crippen molar-refractivity contribution < 1.29 is 42.1 Å². The Kier molecular flexibility index (Phi) is 67.6. The van der Waals surface area contributed by atoms with Gasteiger partial charge in [0.25, 0.3) is 7.82 Å². The number of ether oxygens (including phenoxy) is 2. The highest BCUT2D eigenvalue weighted by Crippen LogP contribution is 2.38. The maximum absolute atomic E-state index is 12.9. The van der Waals surface area contributed by atoms with Crippen molar-refractivity contribution in [2.75, 3.05) is 47.5 Å². The predicted molar refractivity (Wildman–Crippen MR) is 370 cm³/mol. The van der Waals surface area contributed by atoms with Gasteiger partial charge >= 0.3 is 11.9 Å². The SMILES string of the molecule is CCCCCCCCCCCCCCCCCCCCCCCCCCCCCCCCCCC(=O)OC(COC(=O)CCCCCCCCCCCCCCCCCCCCCCCCCCCCCCCC)COP(=O)([O-])OCC[N+](C)(C)C. The van der Waals surface area contributed by atoms with Crippen LogP contribution >= 0.6 is 7.82 Å². The van der Waals surface area contributed by atoms with E-state index in [1.165, 1.54) is 360 Å². The van der Waals surface area contributed by atoms with Crippen molar-refractivity contribution in [3.8, 4) is 0 Å². The zero-order valence-corrected chi connectivity index (χ0v) is 59.7. The van der Waals surface area contributed by atoms with Crippen LogP contribution in [0, 0.1) is 0 Å². The van der Waals surface area contributed by atoms with Crippen LogP contribution in [0.1, 0.15) is 425 Å². The van der Waals surface area contributed by atoms with E-state index in [-0.39, 0.29) is 32.0 Å². The van der Waals surface area contributed by atoms with Gasteiger partial charge in [0.2, 0.25) is 0 Å². The summed E-state index contributed by atoms with van der Waals surface area (Å²) in [5.41, 5.74) is 0. The van der Waals surface area contributed by atoms with Crippen LogP contribution < -0.4 is 4.89 Å². The Morgan fingerprint density at radius 3 is 0.744 bits per heavy atom. The number of carbonyl (C=O) groups excluding carboxylic acids is 2. The van der Waals surface area contributed by atoms with Crippen molar-refractivity contribution in [2.45, 2.75) is 431 Å². The number of quaternary nitrogens is 1. The average Bonchev–Trinajstić information content (AvgIpc) is 3.70. The quantitative estimate of drug-likeness (QED) is 0.0256. The van der Waals surface area contributed by atoms with Crippen LogP contribution in [0.25, 0.3) is 0 Å². The number of carbonyl (C=O) groups is 2. The number of phosphoric ester groups is 1. The van der Waals surface area contributed by atoms with E-state index in [0.29, 0.717) is 17.4 Å². The summed E-state index contributed by atoms with van der Waals surface area (Å²) in [5.74, 6) is -0.801. The number of unbranched alkanes of at least 4 members (excludes halogenated alkanes) is 60. The molecule has 0 aliphatic heterocycles. The van der Waals surface area contributed by atoms with Crippen molar-refractivity contribution in [2.24, 2.45) is 0 Å². The van der Waals surface area contributed by atoms with Crippen LogP contribution in [0.4, 0.5) is 0 Å². The fraction of sp³-hybridized carbons (Fsp3) is 0.974. The fourth-order valence-electron chi connectivity index (χ4n) is 12.2. The zero-order valence-electron chi connectivity index (χ0n) is 58.8. The summed E-state index contributed by atoms with van der Waals surface area (Å²) in [4.78, 5) is 38.1. The molecule has 0 aliphatic carbocycles. The van der Waals surface area contributed by atoms with Gasteiger partial charge in [-0.2, -0.15) is 0 Å². The van der Waals surface area contributed by atoms with Gasteiger partial charge in [-0.1, -0.05) is 399 Å². The minimum absolute atomic E-state index is 0.0247. The largest absolute Gasteiger partial charge is 0.756 e. The summed E-state index contributed by atoms with van der Waals surface area (Å²) >= 11 is 0. The minimum Gasteiger partial charge on any atom is -0.756 e. The highest BCUT2D eigenvalue weighted by Gasteiger charge is 2.22. The van der Waals surface area contributed by atoms with E-state index in [9.17, 15) is 19.0 Å². The molecular formula is C76H152NO8P. The van der Waals surface area contributed by atoms with Gasteiger partial charge in [0.05, 0.1) is 27.7 Å². The zero-order chi connectivity index (χ0) is 62.6. The molecule has 514 valence electrons. The molecule has 0 aromatic carbocycles. The first-order valence-electron chi connectivity index (χ1n) is 38.7. The third-order valence-corrected chi connectivity index (χ3v) is 19.1. The molecule has 0 spiro atoms. The van der Waals surface area contributed by atoms with E-state index < -0.39 is 26.5 Å². The molecule has 0 amide bonds. The number of esters is 2. The molecule has 0 aromatic rings. The molecular weight excluding hydrogens is 1090 g/mol. The van der Waals surface area contributed by atoms with Crippen molar-refractivity contribution in [3.63, 3.8) is 0 Å². The first kappa shape index (κ1) is 85.0. The Morgan fingerprint density at radius 2 is 0.523 bits per heavy atom. The molecule has 86 heavy (non-hydrogen) atoms. The highest BCUT2D eigenvalue weighted by atomic mass is 31.2. The van der Waals surface area contributed by atoms with Crippen molar-refractivity contribution in [1.82, 2.24) is 0 Å². The Bertz CT molecular complexity index is 1410. The summed E-state index contributed by atoms with van der Waals surface area (Å²) in [6.07, 6.45) is 83.7. The third kappa shape index (κ3) is 72.1. The predicted octanol–water partition coefficient (Wildman–Crippen LogP) is 24.7. The monoisotopic (exact) mass is 1240 g/mol. The molecule has 10 heteroatoms. The topological polar surface area (TPSA) is 111 Å². The van der Waals surface area contributed by atoms with Gasteiger partial charge in [0.15, 0.2) is 6.10 Å². The van der Waals surface area contributed by atoms with E-state index >= 15 is 0 Å². The third-order valence-electron chi connectivity index (χ3n) is 18.1. The maximum Gasteiger partial charge on any atom is 0.306 e. The van der Waals surface area contributed by atoms with Gasteiger partial charge in [0, 0.05) is 12.8 Å². The molecule has 0 rings (SSSR count). The Labute approximate surface area is 537 Å². The van der Waals surface area contributed by atoms with Gasteiger partial charge < -0.3 is 27.9 Å². The lowest BCUT2D eigenvalue weighted by Gasteiger charge is -2.28. The van der Waals surface area contributed by atoms with Gasteiger partial charge in [0.1, 0.15) is 19.8 Å². The first-order valence-corrected chi connectivity index (χ1v) is 40.2. The van der Waals surface area contributed by atoms with Gasteiger partial charge in [-0.15, -0.1) is 0 Å². The van der Waals surface area contributed by atoms with E-state index in [1.807, 2.05) is 21.1 Å².